The Morgan fingerprint density at radius 1 is 1.42 bits per heavy atom. The zero-order valence-electron chi connectivity index (χ0n) is 12.2. The normalized spacial score (nSPS) is 16.4. The van der Waals surface area contributed by atoms with Crippen LogP contribution in [-0.2, 0) is 6.54 Å². The van der Waals surface area contributed by atoms with E-state index in [1.807, 2.05) is 13.1 Å². The summed E-state index contributed by atoms with van der Waals surface area (Å²) < 4.78 is 14.2. The Hall–Kier alpha value is -1.09. The minimum Gasteiger partial charge on any atom is -0.369 e. The zero-order chi connectivity index (χ0) is 13.8. The number of para-hydroxylation sites is 1. The van der Waals surface area contributed by atoms with Gasteiger partial charge in [-0.25, -0.2) is 4.39 Å². The van der Waals surface area contributed by atoms with Crippen LogP contribution < -0.4 is 10.2 Å². The van der Waals surface area contributed by atoms with Crippen LogP contribution in [0.25, 0.3) is 0 Å². The zero-order valence-corrected chi connectivity index (χ0v) is 12.2. The van der Waals surface area contributed by atoms with Crippen LogP contribution in [0.2, 0.25) is 0 Å². The van der Waals surface area contributed by atoms with Gasteiger partial charge in [0.2, 0.25) is 0 Å². The van der Waals surface area contributed by atoms with Crippen molar-refractivity contribution in [1.82, 2.24) is 5.32 Å². The third kappa shape index (κ3) is 3.47. The van der Waals surface area contributed by atoms with Crippen LogP contribution in [0.4, 0.5) is 10.1 Å². The van der Waals surface area contributed by atoms with E-state index in [4.69, 9.17) is 0 Å². The van der Waals surface area contributed by atoms with Crippen LogP contribution in [0.3, 0.4) is 0 Å². The summed E-state index contributed by atoms with van der Waals surface area (Å²) in [7, 11) is 2.02. The summed E-state index contributed by atoms with van der Waals surface area (Å²) in [5.74, 6) is 0.631. The molecule has 1 fully saturated rings. The molecule has 0 radical (unpaired) electrons. The van der Waals surface area contributed by atoms with E-state index in [1.54, 1.807) is 12.1 Å². The lowest BCUT2D eigenvalue weighted by molar-refractivity contribution is 0.569. The first-order valence-corrected chi connectivity index (χ1v) is 7.36. The minimum absolute atomic E-state index is 0.106. The molecule has 0 saturated heterocycles. The molecule has 1 aliphatic carbocycles. The molecule has 1 atom stereocenters. The number of hydrogen-bond acceptors (Lipinski definition) is 2. The van der Waals surface area contributed by atoms with Crippen molar-refractivity contribution >= 4 is 5.69 Å². The molecule has 19 heavy (non-hydrogen) atoms. The van der Waals surface area contributed by atoms with Crippen molar-refractivity contribution in [2.24, 2.45) is 5.92 Å². The van der Waals surface area contributed by atoms with Gasteiger partial charge in [-0.05, 0) is 50.3 Å². The Kier molecular flexibility index (Phi) is 4.81. The Labute approximate surface area is 116 Å². The average molecular weight is 264 g/mol. The monoisotopic (exact) mass is 264 g/mol. The molecule has 1 unspecified atom stereocenters. The molecule has 0 bridgehead atoms. The molecule has 1 N–H and O–H groups in total. The van der Waals surface area contributed by atoms with E-state index in [0.717, 1.165) is 36.7 Å². The molecule has 1 aromatic rings. The standard InChI is InChI=1S/C16H25FN2/c1-4-10-18-11-14-6-5-7-15(17)16(14)19(3)12(2)13-8-9-13/h5-7,12-13,18H,4,8-11H2,1-3H3. The number of nitrogens with one attached hydrogen (secondary N) is 1. The lowest BCUT2D eigenvalue weighted by atomic mass is 10.1. The van der Waals surface area contributed by atoms with Crippen molar-refractivity contribution in [3.05, 3.63) is 29.6 Å². The third-order valence-corrected chi connectivity index (χ3v) is 4.08. The molecule has 0 aromatic heterocycles. The molecule has 1 aromatic carbocycles. The van der Waals surface area contributed by atoms with Gasteiger partial charge < -0.3 is 10.2 Å². The first-order chi connectivity index (χ1) is 9.15. The summed E-state index contributed by atoms with van der Waals surface area (Å²) in [6.45, 7) is 6.05. The molecular formula is C16H25FN2. The molecular weight excluding hydrogens is 239 g/mol. The molecule has 0 amide bonds. The number of hydrogen-bond donors (Lipinski definition) is 1. The summed E-state index contributed by atoms with van der Waals surface area (Å²) in [6.07, 6.45) is 3.66. The topological polar surface area (TPSA) is 15.3 Å². The van der Waals surface area contributed by atoms with Crippen molar-refractivity contribution < 1.29 is 4.39 Å². The van der Waals surface area contributed by atoms with Gasteiger partial charge >= 0.3 is 0 Å². The fraction of sp³-hybridized carbons (Fsp3) is 0.625. The summed E-state index contributed by atoms with van der Waals surface area (Å²) in [5.41, 5.74) is 1.83. The largest absolute Gasteiger partial charge is 0.369 e. The molecule has 0 spiro atoms. The van der Waals surface area contributed by atoms with Crippen molar-refractivity contribution in [2.45, 2.75) is 45.7 Å². The van der Waals surface area contributed by atoms with Crippen LogP contribution >= 0.6 is 0 Å². The van der Waals surface area contributed by atoms with Gasteiger partial charge in [-0.2, -0.15) is 0 Å². The minimum atomic E-state index is -0.106. The van der Waals surface area contributed by atoms with Gasteiger partial charge in [0, 0.05) is 19.6 Å². The van der Waals surface area contributed by atoms with E-state index in [-0.39, 0.29) is 5.82 Å². The van der Waals surface area contributed by atoms with Crippen LogP contribution in [-0.4, -0.2) is 19.6 Å². The second-order valence-electron chi connectivity index (χ2n) is 5.61. The van der Waals surface area contributed by atoms with E-state index >= 15 is 0 Å². The fourth-order valence-electron chi connectivity index (χ4n) is 2.60. The summed E-state index contributed by atoms with van der Waals surface area (Å²) in [4.78, 5) is 2.12. The smallest absolute Gasteiger partial charge is 0.146 e. The van der Waals surface area contributed by atoms with E-state index in [9.17, 15) is 4.39 Å². The van der Waals surface area contributed by atoms with Gasteiger partial charge in [-0.15, -0.1) is 0 Å². The lowest BCUT2D eigenvalue weighted by Gasteiger charge is -2.29. The van der Waals surface area contributed by atoms with Crippen LogP contribution in [0.15, 0.2) is 18.2 Å². The Balaban J connectivity index is 2.16. The number of anilines is 1. The van der Waals surface area contributed by atoms with Gasteiger partial charge in [0.1, 0.15) is 5.82 Å². The van der Waals surface area contributed by atoms with Crippen molar-refractivity contribution in [1.29, 1.82) is 0 Å². The van der Waals surface area contributed by atoms with Crippen molar-refractivity contribution in [3.8, 4) is 0 Å². The highest BCUT2D eigenvalue weighted by molar-refractivity contribution is 5.55. The van der Waals surface area contributed by atoms with Gasteiger partial charge in [0.15, 0.2) is 0 Å². The van der Waals surface area contributed by atoms with Crippen LogP contribution in [0, 0.1) is 11.7 Å². The predicted octanol–water partition coefficient (Wildman–Crippen LogP) is 3.56. The maximum atomic E-state index is 14.2. The maximum absolute atomic E-state index is 14.2. The summed E-state index contributed by atoms with van der Waals surface area (Å²) in [6, 6.07) is 5.81. The third-order valence-electron chi connectivity index (χ3n) is 4.08. The molecule has 2 rings (SSSR count). The van der Waals surface area contributed by atoms with E-state index < -0.39 is 0 Å². The van der Waals surface area contributed by atoms with E-state index in [0.29, 0.717) is 6.04 Å². The SMILES string of the molecule is CCCNCc1cccc(F)c1N(C)C(C)C1CC1. The number of halogens is 1. The first kappa shape index (κ1) is 14.3. The average Bonchev–Trinajstić information content (AvgIpc) is 3.22. The van der Waals surface area contributed by atoms with Gasteiger partial charge in [-0.3, -0.25) is 0 Å². The highest BCUT2D eigenvalue weighted by Gasteiger charge is 2.32. The predicted molar refractivity (Wildman–Crippen MR) is 79.0 cm³/mol. The highest BCUT2D eigenvalue weighted by atomic mass is 19.1. The van der Waals surface area contributed by atoms with Crippen LogP contribution in [0.5, 0.6) is 0 Å². The van der Waals surface area contributed by atoms with E-state index in [2.05, 4.69) is 24.1 Å². The van der Waals surface area contributed by atoms with Gasteiger partial charge in [-0.1, -0.05) is 19.1 Å². The number of benzene rings is 1. The number of rotatable bonds is 7. The molecule has 2 nitrogen and oxygen atoms in total. The molecule has 1 aliphatic rings. The molecule has 1 saturated carbocycles. The summed E-state index contributed by atoms with van der Waals surface area (Å²) >= 11 is 0. The Morgan fingerprint density at radius 3 is 2.79 bits per heavy atom. The molecule has 106 valence electrons. The second-order valence-corrected chi connectivity index (χ2v) is 5.61. The Bertz CT molecular complexity index is 415. The maximum Gasteiger partial charge on any atom is 0.146 e. The van der Waals surface area contributed by atoms with Gasteiger partial charge in [0.25, 0.3) is 0 Å². The van der Waals surface area contributed by atoms with E-state index in [1.165, 1.54) is 12.8 Å². The fourth-order valence-corrected chi connectivity index (χ4v) is 2.60. The number of nitrogens with zero attached hydrogens (tertiary/aromatic N) is 1. The van der Waals surface area contributed by atoms with Crippen molar-refractivity contribution in [3.63, 3.8) is 0 Å². The first-order valence-electron chi connectivity index (χ1n) is 7.36. The molecule has 0 aliphatic heterocycles. The van der Waals surface area contributed by atoms with Crippen molar-refractivity contribution in [2.75, 3.05) is 18.5 Å². The van der Waals surface area contributed by atoms with Gasteiger partial charge in [0.05, 0.1) is 5.69 Å². The molecule has 3 heteroatoms. The Morgan fingerprint density at radius 2 is 2.16 bits per heavy atom. The quantitative estimate of drug-likeness (QED) is 0.758. The highest BCUT2D eigenvalue weighted by Crippen LogP contribution is 2.37. The molecule has 0 heterocycles. The second kappa shape index (κ2) is 6.38. The van der Waals surface area contributed by atoms with Crippen LogP contribution in [0.1, 0.15) is 38.7 Å². The summed E-state index contributed by atoms with van der Waals surface area (Å²) in [5, 5.41) is 3.36. The lowest BCUT2D eigenvalue weighted by Crippen LogP contribution is -2.32.